The molecular weight excluding hydrogens is 490 g/mol. The molecule has 1 fully saturated rings. The summed E-state index contributed by atoms with van der Waals surface area (Å²) in [5, 5.41) is 6.01. The van der Waals surface area contributed by atoms with Gasteiger partial charge in [-0.05, 0) is 79.3 Å². The van der Waals surface area contributed by atoms with Gasteiger partial charge in [-0.2, -0.15) is 0 Å². The number of anilines is 2. The SMILES string of the molecule is CNc1nccc(-c2cccnc2Oc2cc(C(=O)Nc3cc(C4CCCCC4)ccc3OC)ccc2C)n1. The van der Waals surface area contributed by atoms with Gasteiger partial charge >= 0.3 is 0 Å². The highest BCUT2D eigenvalue weighted by atomic mass is 16.5. The van der Waals surface area contributed by atoms with Gasteiger partial charge in [-0.15, -0.1) is 0 Å². The van der Waals surface area contributed by atoms with E-state index in [-0.39, 0.29) is 5.91 Å². The third kappa shape index (κ3) is 6.00. The molecule has 2 aromatic heterocycles. The molecule has 0 saturated heterocycles. The lowest BCUT2D eigenvalue weighted by atomic mass is 9.84. The van der Waals surface area contributed by atoms with Crippen molar-refractivity contribution in [2.75, 3.05) is 24.8 Å². The smallest absolute Gasteiger partial charge is 0.255 e. The van der Waals surface area contributed by atoms with Gasteiger partial charge in [-0.25, -0.2) is 15.0 Å². The van der Waals surface area contributed by atoms with Gasteiger partial charge < -0.3 is 20.1 Å². The molecule has 200 valence electrons. The van der Waals surface area contributed by atoms with E-state index in [0.717, 1.165) is 11.1 Å². The summed E-state index contributed by atoms with van der Waals surface area (Å²) < 4.78 is 11.8. The van der Waals surface area contributed by atoms with E-state index < -0.39 is 0 Å². The number of nitrogens with zero attached hydrogens (tertiary/aromatic N) is 3. The first-order valence-corrected chi connectivity index (χ1v) is 13.3. The second-order valence-electron chi connectivity index (χ2n) is 9.70. The Balaban J connectivity index is 1.40. The van der Waals surface area contributed by atoms with Crippen molar-refractivity contribution >= 4 is 17.5 Å². The second kappa shape index (κ2) is 11.9. The van der Waals surface area contributed by atoms with Crippen molar-refractivity contribution in [3.63, 3.8) is 0 Å². The molecule has 4 aromatic rings. The van der Waals surface area contributed by atoms with E-state index in [1.54, 1.807) is 44.8 Å². The number of nitrogens with one attached hydrogen (secondary N) is 2. The van der Waals surface area contributed by atoms with Crippen molar-refractivity contribution in [1.29, 1.82) is 0 Å². The van der Waals surface area contributed by atoms with Crippen molar-refractivity contribution in [3.8, 4) is 28.6 Å². The van der Waals surface area contributed by atoms with Crippen molar-refractivity contribution in [3.05, 3.63) is 83.7 Å². The predicted molar refractivity (Wildman–Crippen MR) is 153 cm³/mol. The van der Waals surface area contributed by atoms with E-state index in [2.05, 4.69) is 37.7 Å². The van der Waals surface area contributed by atoms with Crippen LogP contribution in [0.1, 0.15) is 59.5 Å². The Morgan fingerprint density at radius 2 is 1.79 bits per heavy atom. The van der Waals surface area contributed by atoms with E-state index in [9.17, 15) is 4.79 Å². The number of rotatable bonds is 8. The van der Waals surface area contributed by atoms with E-state index in [1.807, 2.05) is 31.2 Å². The van der Waals surface area contributed by atoms with Gasteiger partial charge in [-0.3, -0.25) is 4.79 Å². The number of ether oxygens (including phenoxy) is 2. The summed E-state index contributed by atoms with van der Waals surface area (Å²) in [5.74, 6) is 2.34. The highest BCUT2D eigenvalue weighted by Crippen LogP contribution is 2.37. The topological polar surface area (TPSA) is 98.3 Å². The first-order chi connectivity index (χ1) is 19.1. The van der Waals surface area contributed by atoms with Crippen LogP contribution in [0, 0.1) is 6.92 Å². The first-order valence-electron chi connectivity index (χ1n) is 13.3. The van der Waals surface area contributed by atoms with E-state index in [1.165, 1.54) is 37.7 Å². The molecule has 0 radical (unpaired) electrons. The van der Waals surface area contributed by atoms with Crippen LogP contribution in [-0.4, -0.2) is 35.0 Å². The maximum absolute atomic E-state index is 13.4. The molecule has 5 rings (SSSR count). The third-order valence-corrected chi connectivity index (χ3v) is 7.13. The van der Waals surface area contributed by atoms with Crippen molar-refractivity contribution in [1.82, 2.24) is 15.0 Å². The number of benzene rings is 2. The fourth-order valence-electron chi connectivity index (χ4n) is 4.96. The molecular formula is C31H33N5O3. The van der Waals surface area contributed by atoms with Gasteiger partial charge in [-0.1, -0.05) is 31.4 Å². The zero-order valence-electron chi connectivity index (χ0n) is 22.5. The molecule has 2 heterocycles. The predicted octanol–water partition coefficient (Wildman–Crippen LogP) is 6.99. The molecule has 8 heteroatoms. The molecule has 1 aliphatic carbocycles. The van der Waals surface area contributed by atoms with Crippen LogP contribution in [0.4, 0.5) is 11.6 Å². The molecule has 1 aliphatic rings. The molecule has 0 unspecified atom stereocenters. The summed E-state index contributed by atoms with van der Waals surface area (Å²) in [5.41, 5.74) is 4.65. The molecule has 0 atom stereocenters. The summed E-state index contributed by atoms with van der Waals surface area (Å²) in [6.07, 6.45) is 9.49. The number of carbonyl (C=O) groups excluding carboxylic acids is 1. The number of hydrogen-bond donors (Lipinski definition) is 2. The highest BCUT2D eigenvalue weighted by Gasteiger charge is 2.19. The van der Waals surface area contributed by atoms with Crippen LogP contribution >= 0.6 is 0 Å². The van der Waals surface area contributed by atoms with Crippen LogP contribution in [0.3, 0.4) is 0 Å². The average molecular weight is 524 g/mol. The van der Waals surface area contributed by atoms with Crippen LogP contribution in [0.2, 0.25) is 0 Å². The minimum Gasteiger partial charge on any atom is -0.495 e. The van der Waals surface area contributed by atoms with Crippen molar-refractivity contribution in [2.24, 2.45) is 0 Å². The zero-order valence-corrected chi connectivity index (χ0v) is 22.5. The fraction of sp³-hybridized carbons (Fsp3) is 0.290. The highest BCUT2D eigenvalue weighted by molar-refractivity contribution is 6.05. The molecule has 0 bridgehead atoms. The van der Waals surface area contributed by atoms with E-state index in [4.69, 9.17) is 9.47 Å². The molecule has 1 saturated carbocycles. The Kier molecular flexibility index (Phi) is 8.01. The summed E-state index contributed by atoms with van der Waals surface area (Å²) in [6.45, 7) is 1.93. The van der Waals surface area contributed by atoms with Gasteiger partial charge in [0, 0.05) is 25.0 Å². The lowest BCUT2D eigenvalue weighted by Gasteiger charge is -2.23. The first kappa shape index (κ1) is 26.2. The Labute approximate surface area is 228 Å². The number of carbonyl (C=O) groups is 1. The normalized spacial score (nSPS) is 13.5. The van der Waals surface area contributed by atoms with Crippen LogP contribution in [0.25, 0.3) is 11.3 Å². The van der Waals surface area contributed by atoms with Crippen LogP contribution in [0.5, 0.6) is 17.4 Å². The summed E-state index contributed by atoms with van der Waals surface area (Å²) in [4.78, 5) is 26.5. The number of amides is 1. The van der Waals surface area contributed by atoms with Crippen molar-refractivity contribution < 1.29 is 14.3 Å². The number of aryl methyl sites for hydroxylation is 1. The fourth-order valence-corrected chi connectivity index (χ4v) is 4.96. The van der Waals surface area contributed by atoms with Gasteiger partial charge in [0.05, 0.1) is 24.1 Å². The second-order valence-corrected chi connectivity index (χ2v) is 9.70. The van der Waals surface area contributed by atoms with Crippen LogP contribution < -0.4 is 20.1 Å². The molecule has 0 aliphatic heterocycles. The Hall–Kier alpha value is -4.46. The Morgan fingerprint density at radius 3 is 2.59 bits per heavy atom. The van der Waals surface area contributed by atoms with Crippen LogP contribution in [-0.2, 0) is 0 Å². The molecule has 0 spiro atoms. The number of methoxy groups -OCH3 is 1. The maximum Gasteiger partial charge on any atom is 0.255 e. The lowest BCUT2D eigenvalue weighted by Crippen LogP contribution is -2.14. The standard InChI is InChI=1S/C31H33N5O3/c1-20-11-12-23(29(37)35-26-18-22(13-14-27(26)38-3)21-8-5-4-6-9-21)19-28(20)39-30-24(10-7-16-33-30)25-15-17-34-31(32-2)36-25/h7,10-19,21H,4-6,8-9H2,1-3H3,(H,35,37)(H,32,34,36). The number of pyridine rings is 1. The Bertz CT molecular complexity index is 1470. The minimum absolute atomic E-state index is 0.241. The van der Waals surface area contributed by atoms with Gasteiger partial charge in [0.1, 0.15) is 11.5 Å². The van der Waals surface area contributed by atoms with E-state index in [0.29, 0.717) is 46.2 Å². The molecule has 8 nitrogen and oxygen atoms in total. The minimum atomic E-state index is -0.241. The zero-order chi connectivity index (χ0) is 27.2. The van der Waals surface area contributed by atoms with Crippen LogP contribution in [0.15, 0.2) is 67.0 Å². The van der Waals surface area contributed by atoms with Gasteiger partial charge in [0.2, 0.25) is 11.8 Å². The Morgan fingerprint density at radius 1 is 0.949 bits per heavy atom. The molecule has 2 aromatic carbocycles. The summed E-state index contributed by atoms with van der Waals surface area (Å²) >= 11 is 0. The monoisotopic (exact) mass is 523 g/mol. The maximum atomic E-state index is 13.4. The third-order valence-electron chi connectivity index (χ3n) is 7.13. The molecule has 1 amide bonds. The summed E-state index contributed by atoms with van der Waals surface area (Å²) in [6, 6.07) is 17.0. The van der Waals surface area contributed by atoms with Gasteiger partial charge in [0.25, 0.3) is 5.91 Å². The van der Waals surface area contributed by atoms with E-state index >= 15 is 0 Å². The average Bonchev–Trinajstić information content (AvgIpc) is 2.99. The van der Waals surface area contributed by atoms with Gasteiger partial charge in [0.15, 0.2) is 0 Å². The number of hydrogen-bond acceptors (Lipinski definition) is 7. The summed E-state index contributed by atoms with van der Waals surface area (Å²) in [7, 11) is 3.38. The van der Waals surface area contributed by atoms with Crippen molar-refractivity contribution in [2.45, 2.75) is 44.9 Å². The lowest BCUT2D eigenvalue weighted by molar-refractivity contribution is 0.102. The quantitative estimate of drug-likeness (QED) is 0.257. The largest absolute Gasteiger partial charge is 0.495 e. The number of aromatic nitrogens is 3. The molecule has 2 N–H and O–H groups in total. The molecule has 39 heavy (non-hydrogen) atoms.